The van der Waals surface area contributed by atoms with Crippen LogP contribution in [0.15, 0.2) is 36.4 Å². The van der Waals surface area contributed by atoms with Crippen molar-refractivity contribution in [1.29, 1.82) is 0 Å². The minimum atomic E-state index is 0.380. The lowest BCUT2D eigenvalue weighted by Crippen LogP contribution is -2.39. The number of halogens is 5. The van der Waals surface area contributed by atoms with Crippen LogP contribution in [0.4, 0.5) is 0 Å². The molecule has 3 rings (SSSR count). The quantitative estimate of drug-likeness (QED) is 0.526. The Morgan fingerprint density at radius 3 is 1.81 bits per heavy atom. The van der Waals surface area contributed by atoms with E-state index in [1.54, 1.807) is 12.1 Å². The van der Waals surface area contributed by atoms with Crippen molar-refractivity contribution in [2.45, 2.75) is 31.3 Å². The van der Waals surface area contributed by atoms with Crippen LogP contribution < -0.4 is 5.73 Å². The number of alkyl halides is 1. The lowest BCUT2D eigenvalue weighted by atomic mass is 10.1. The maximum Gasteiger partial charge on any atom is 0.0595 e. The third-order valence-electron chi connectivity index (χ3n) is 4.16. The van der Waals surface area contributed by atoms with Gasteiger partial charge < -0.3 is 5.73 Å². The molecule has 0 atom stereocenters. The lowest BCUT2D eigenvalue weighted by Gasteiger charge is -2.30. The Morgan fingerprint density at radius 2 is 1.31 bits per heavy atom. The van der Waals surface area contributed by atoms with Gasteiger partial charge in [0, 0.05) is 18.5 Å². The maximum atomic E-state index is 5.98. The highest BCUT2D eigenvalue weighted by Crippen LogP contribution is 2.24. The van der Waals surface area contributed by atoms with Gasteiger partial charge in [0.2, 0.25) is 0 Å². The number of benzene rings is 2. The summed E-state index contributed by atoms with van der Waals surface area (Å²) in [5, 5.41) is 2.37. The second kappa shape index (κ2) is 11.0. The molecule has 2 aromatic rings. The average Bonchev–Trinajstić information content (AvgIpc) is 2.63. The Morgan fingerprint density at radius 1 is 0.808 bits per heavy atom. The highest BCUT2D eigenvalue weighted by Gasteiger charge is 2.16. The molecule has 2 nitrogen and oxygen atoms in total. The van der Waals surface area contributed by atoms with Crippen LogP contribution >= 0.6 is 58.0 Å². The molecular weight excluding hydrogens is 433 g/mol. The zero-order valence-electron chi connectivity index (χ0n) is 14.2. The molecule has 1 fully saturated rings. The third kappa shape index (κ3) is 7.09. The zero-order chi connectivity index (χ0) is 19.1. The van der Waals surface area contributed by atoms with E-state index < -0.39 is 0 Å². The molecule has 7 heteroatoms. The second-order valence-corrected chi connectivity index (χ2v) is 8.14. The number of piperidine rings is 1. The lowest BCUT2D eigenvalue weighted by molar-refractivity contribution is 0.205. The first kappa shape index (κ1) is 22.1. The monoisotopic (exact) mass is 452 g/mol. The number of likely N-dealkylation sites (tertiary alicyclic amines) is 1. The molecule has 26 heavy (non-hydrogen) atoms. The number of hydrogen-bond donors (Lipinski definition) is 1. The van der Waals surface area contributed by atoms with Crippen LogP contribution in [0, 0.1) is 0 Å². The van der Waals surface area contributed by atoms with Crippen molar-refractivity contribution >= 4 is 58.0 Å². The molecule has 0 unspecified atom stereocenters. The van der Waals surface area contributed by atoms with Crippen LogP contribution in [0.5, 0.6) is 0 Å². The van der Waals surface area contributed by atoms with Crippen molar-refractivity contribution in [2.75, 3.05) is 13.1 Å². The number of nitrogens with two attached hydrogens (primary N) is 1. The summed E-state index contributed by atoms with van der Waals surface area (Å²) < 4.78 is 0. The predicted molar refractivity (Wildman–Crippen MR) is 115 cm³/mol. The van der Waals surface area contributed by atoms with Crippen molar-refractivity contribution in [3.63, 3.8) is 0 Å². The van der Waals surface area contributed by atoms with Gasteiger partial charge in [0.1, 0.15) is 0 Å². The number of hydrogen-bond acceptors (Lipinski definition) is 2. The van der Waals surface area contributed by atoms with Crippen molar-refractivity contribution in [2.24, 2.45) is 5.73 Å². The summed E-state index contributed by atoms with van der Waals surface area (Å²) in [4.78, 5) is 2.41. The SMILES string of the molecule is ClCc1ccc(Cl)c(Cl)c1.NC1CCN(Cc2ccc(Cl)c(Cl)c2)CC1. The fraction of sp³-hybridized carbons (Fsp3) is 0.368. The van der Waals surface area contributed by atoms with Gasteiger partial charge in [-0.2, -0.15) is 0 Å². The van der Waals surface area contributed by atoms with E-state index in [4.69, 9.17) is 63.7 Å². The van der Waals surface area contributed by atoms with Crippen LogP contribution in [-0.4, -0.2) is 24.0 Å². The first-order valence-electron chi connectivity index (χ1n) is 8.30. The molecule has 0 bridgehead atoms. The first-order valence-corrected chi connectivity index (χ1v) is 10.4. The molecule has 0 aliphatic carbocycles. The number of nitrogens with zero attached hydrogens (tertiary/aromatic N) is 1. The summed E-state index contributed by atoms with van der Waals surface area (Å²) in [6.07, 6.45) is 2.17. The predicted octanol–water partition coefficient (Wildman–Crippen LogP) is 6.65. The van der Waals surface area contributed by atoms with Crippen molar-refractivity contribution in [3.05, 3.63) is 67.6 Å². The molecule has 1 heterocycles. The maximum absolute atomic E-state index is 5.98. The fourth-order valence-electron chi connectivity index (χ4n) is 2.63. The Balaban J connectivity index is 0.000000209. The van der Waals surface area contributed by atoms with Gasteiger partial charge in [-0.25, -0.2) is 0 Å². The third-order valence-corrected chi connectivity index (χ3v) is 5.95. The highest BCUT2D eigenvalue weighted by molar-refractivity contribution is 6.42. The van der Waals surface area contributed by atoms with Gasteiger partial charge in [0.05, 0.1) is 20.1 Å². The van der Waals surface area contributed by atoms with Gasteiger partial charge in [-0.1, -0.05) is 58.5 Å². The van der Waals surface area contributed by atoms with Gasteiger partial charge in [0.25, 0.3) is 0 Å². The van der Waals surface area contributed by atoms with Crippen LogP contribution in [0.25, 0.3) is 0 Å². The van der Waals surface area contributed by atoms with Crippen molar-refractivity contribution in [3.8, 4) is 0 Å². The summed E-state index contributed by atoms with van der Waals surface area (Å²) in [5.74, 6) is 0.469. The Labute approximate surface area is 180 Å². The molecule has 1 aliphatic rings. The van der Waals surface area contributed by atoms with E-state index in [9.17, 15) is 0 Å². The normalized spacial score (nSPS) is 15.5. The Kier molecular flexibility index (Phi) is 9.32. The van der Waals surface area contributed by atoms with Crippen LogP contribution in [0.1, 0.15) is 24.0 Å². The summed E-state index contributed by atoms with van der Waals surface area (Å²) in [6, 6.07) is 11.6. The number of rotatable bonds is 3. The van der Waals surface area contributed by atoms with E-state index in [-0.39, 0.29) is 0 Å². The molecule has 0 saturated carbocycles. The molecule has 2 N–H and O–H groups in total. The molecular formula is C19H21Cl5N2. The van der Waals surface area contributed by atoms with E-state index in [0.717, 1.165) is 38.0 Å². The average molecular weight is 455 g/mol. The minimum Gasteiger partial charge on any atom is -0.328 e. The molecule has 1 aliphatic heterocycles. The van der Waals surface area contributed by atoms with E-state index in [1.807, 2.05) is 24.3 Å². The molecule has 2 aromatic carbocycles. The second-order valence-electron chi connectivity index (χ2n) is 6.24. The Bertz CT molecular complexity index is 715. The molecule has 0 radical (unpaired) electrons. The summed E-state index contributed by atoms with van der Waals surface area (Å²) in [5.41, 5.74) is 8.06. The van der Waals surface area contributed by atoms with Crippen LogP contribution in [0.3, 0.4) is 0 Å². The molecule has 142 valence electrons. The zero-order valence-corrected chi connectivity index (χ0v) is 18.0. The smallest absolute Gasteiger partial charge is 0.0595 e. The highest BCUT2D eigenvalue weighted by atomic mass is 35.5. The van der Waals surface area contributed by atoms with Gasteiger partial charge in [-0.05, 0) is 61.3 Å². The molecule has 1 saturated heterocycles. The van der Waals surface area contributed by atoms with Crippen LogP contribution in [0.2, 0.25) is 20.1 Å². The van der Waals surface area contributed by atoms with Gasteiger partial charge in [-0.3, -0.25) is 4.90 Å². The largest absolute Gasteiger partial charge is 0.328 e. The fourth-order valence-corrected chi connectivity index (χ4v) is 3.44. The van der Waals surface area contributed by atoms with Crippen LogP contribution in [-0.2, 0) is 12.4 Å². The van der Waals surface area contributed by atoms with Crippen molar-refractivity contribution < 1.29 is 0 Å². The molecule has 0 aromatic heterocycles. The summed E-state index contributed by atoms with van der Waals surface area (Å²) >= 11 is 28.8. The van der Waals surface area contributed by atoms with Gasteiger partial charge in [0.15, 0.2) is 0 Å². The van der Waals surface area contributed by atoms with E-state index in [2.05, 4.69) is 4.90 Å². The van der Waals surface area contributed by atoms with Gasteiger partial charge in [-0.15, -0.1) is 11.6 Å². The molecule has 0 amide bonds. The van der Waals surface area contributed by atoms with E-state index in [0.29, 0.717) is 32.0 Å². The van der Waals surface area contributed by atoms with Crippen molar-refractivity contribution in [1.82, 2.24) is 4.90 Å². The molecule has 0 spiro atoms. The summed E-state index contributed by atoms with van der Waals surface area (Å²) in [6.45, 7) is 3.08. The Hall–Kier alpha value is -0.190. The standard InChI is InChI=1S/C12H16Cl2N2.C7H5Cl3/c13-11-2-1-9(7-12(11)14)8-16-5-3-10(15)4-6-16;8-4-5-1-2-6(9)7(10)3-5/h1-2,7,10H,3-6,8,15H2;1-3H,4H2. The van der Waals surface area contributed by atoms with Gasteiger partial charge >= 0.3 is 0 Å². The first-order chi connectivity index (χ1) is 12.4. The topological polar surface area (TPSA) is 29.3 Å². The summed E-state index contributed by atoms with van der Waals surface area (Å²) in [7, 11) is 0. The minimum absolute atomic E-state index is 0.380. The van der Waals surface area contributed by atoms with E-state index in [1.165, 1.54) is 5.56 Å². The van der Waals surface area contributed by atoms with E-state index >= 15 is 0 Å².